The first-order chi connectivity index (χ1) is 15.7. The molecule has 0 fully saturated rings. The lowest BCUT2D eigenvalue weighted by Gasteiger charge is -2.19. The van der Waals surface area contributed by atoms with E-state index in [0.29, 0.717) is 10.4 Å². The number of nitrogens with one attached hydrogen (secondary N) is 1. The van der Waals surface area contributed by atoms with Crippen LogP contribution in [0.3, 0.4) is 0 Å². The maximum atomic E-state index is 13.1. The van der Waals surface area contributed by atoms with Crippen LogP contribution in [0.5, 0.6) is 0 Å². The number of benzene rings is 2. The van der Waals surface area contributed by atoms with Crippen molar-refractivity contribution in [1.29, 1.82) is 0 Å². The average Bonchev–Trinajstić information content (AvgIpc) is 3.44. The number of aromatic nitrogens is 1. The zero-order valence-electron chi connectivity index (χ0n) is 17.6. The summed E-state index contributed by atoms with van der Waals surface area (Å²) in [5.74, 6) is 2.06. The summed E-state index contributed by atoms with van der Waals surface area (Å²) in [4.78, 5) is 15.7. The molecule has 0 amide bonds. The van der Waals surface area contributed by atoms with Crippen molar-refractivity contribution in [2.24, 2.45) is 5.92 Å². The van der Waals surface area contributed by atoms with Crippen molar-refractivity contribution in [3.05, 3.63) is 88.7 Å². The van der Waals surface area contributed by atoms with Gasteiger partial charge in [0, 0.05) is 22.7 Å². The Morgan fingerprint density at radius 1 is 1.09 bits per heavy atom. The van der Waals surface area contributed by atoms with Gasteiger partial charge in [-0.15, -0.1) is 11.3 Å². The number of aromatic amines is 1. The second-order valence-corrected chi connectivity index (χ2v) is 11.0. The van der Waals surface area contributed by atoms with Gasteiger partial charge in [0.15, 0.2) is 9.84 Å². The lowest BCUT2D eigenvalue weighted by atomic mass is 9.88. The smallest absolute Gasteiger partial charge is 0.308 e. The minimum Gasteiger partial charge on any atom is -0.481 e. The molecule has 2 aromatic heterocycles. The third-order valence-corrected chi connectivity index (χ3v) is 8.85. The Morgan fingerprint density at radius 2 is 1.82 bits per heavy atom. The van der Waals surface area contributed by atoms with Gasteiger partial charge < -0.3 is 10.1 Å². The third kappa shape index (κ3) is 5.00. The van der Waals surface area contributed by atoms with E-state index in [4.69, 9.17) is 0 Å². The molecule has 8 heteroatoms. The molecule has 4 aromatic rings. The number of aliphatic carboxylic acids is 1. The van der Waals surface area contributed by atoms with Crippen LogP contribution < -0.4 is 0 Å². The van der Waals surface area contributed by atoms with E-state index in [9.17, 15) is 22.7 Å². The molecule has 2 N–H and O–H groups in total. The Hall–Kier alpha value is -3.41. The number of rotatable bonds is 6. The zero-order chi connectivity index (χ0) is 23.6. The quantitative estimate of drug-likeness (QED) is 0.378. The largest absolute Gasteiger partial charge is 0.481 e. The van der Waals surface area contributed by atoms with E-state index in [-0.39, 0.29) is 10.0 Å². The normalized spacial score (nSPS) is 13.3. The molecule has 0 saturated heterocycles. The highest BCUT2D eigenvalue weighted by atomic mass is 32.2. The molecule has 0 bridgehead atoms. The Kier molecular flexibility index (Phi) is 6.36. The van der Waals surface area contributed by atoms with Crippen molar-refractivity contribution in [3.8, 4) is 11.8 Å². The Morgan fingerprint density at radius 3 is 2.55 bits per heavy atom. The van der Waals surface area contributed by atoms with Gasteiger partial charge in [0.25, 0.3) is 0 Å². The highest BCUT2D eigenvalue weighted by Gasteiger charge is 2.33. The molecule has 0 saturated carbocycles. The van der Waals surface area contributed by atoms with Gasteiger partial charge in [-0.05, 0) is 53.9 Å². The van der Waals surface area contributed by atoms with Crippen LogP contribution in [-0.2, 0) is 14.6 Å². The van der Waals surface area contributed by atoms with Crippen molar-refractivity contribution >= 4 is 38.0 Å². The molecule has 0 aliphatic rings. The van der Waals surface area contributed by atoms with Gasteiger partial charge in [-0.1, -0.05) is 37.0 Å². The fourth-order valence-corrected chi connectivity index (χ4v) is 6.57. The molecule has 33 heavy (non-hydrogen) atoms. The molecule has 2 atom stereocenters. The topological polar surface area (TPSA) is 87.2 Å². The molecule has 4 rings (SSSR count). The monoisotopic (exact) mass is 481 g/mol. The SMILES string of the molecule is CC(c1c[nH]c2ccccc12)[C@@H](CS(=O)(=O)c1ccc(C#Cc2ccc(F)cc2)s1)C(=O)O. The minimum absolute atomic E-state index is 0.0725. The summed E-state index contributed by atoms with van der Waals surface area (Å²) in [7, 11) is -3.85. The number of thiophene rings is 1. The number of carboxylic acid groups (broad SMARTS) is 1. The molecule has 2 heterocycles. The van der Waals surface area contributed by atoms with Gasteiger partial charge in [-0.25, -0.2) is 12.8 Å². The van der Waals surface area contributed by atoms with E-state index in [2.05, 4.69) is 16.8 Å². The van der Waals surface area contributed by atoms with Crippen LogP contribution >= 0.6 is 11.3 Å². The Balaban J connectivity index is 1.56. The van der Waals surface area contributed by atoms with Gasteiger partial charge in [0.2, 0.25) is 0 Å². The number of sulfone groups is 1. The molecule has 0 aliphatic heterocycles. The number of fused-ring (bicyclic) bond motifs is 1. The van der Waals surface area contributed by atoms with Gasteiger partial charge >= 0.3 is 5.97 Å². The molecular formula is C25H20FNO4S2. The molecule has 168 valence electrons. The number of hydrogen-bond donors (Lipinski definition) is 2. The molecule has 2 aromatic carbocycles. The van der Waals surface area contributed by atoms with Gasteiger partial charge in [0.05, 0.1) is 16.5 Å². The predicted molar refractivity (Wildman–Crippen MR) is 127 cm³/mol. The van der Waals surface area contributed by atoms with Crippen LogP contribution in [-0.4, -0.2) is 30.2 Å². The van der Waals surface area contributed by atoms with Crippen LogP contribution in [0.2, 0.25) is 0 Å². The minimum atomic E-state index is -3.85. The van der Waals surface area contributed by atoms with Crippen molar-refractivity contribution in [3.63, 3.8) is 0 Å². The van der Waals surface area contributed by atoms with Crippen LogP contribution in [0.15, 0.2) is 71.1 Å². The van der Waals surface area contributed by atoms with Crippen molar-refractivity contribution in [1.82, 2.24) is 4.98 Å². The first-order valence-electron chi connectivity index (χ1n) is 10.1. The number of halogens is 1. The molecule has 5 nitrogen and oxygen atoms in total. The van der Waals surface area contributed by atoms with Gasteiger partial charge in [-0.3, -0.25) is 4.79 Å². The van der Waals surface area contributed by atoms with E-state index >= 15 is 0 Å². The highest BCUT2D eigenvalue weighted by molar-refractivity contribution is 7.93. The van der Waals surface area contributed by atoms with Gasteiger partial charge in [-0.2, -0.15) is 0 Å². The van der Waals surface area contributed by atoms with E-state index in [0.717, 1.165) is 27.8 Å². The summed E-state index contributed by atoms with van der Waals surface area (Å²) in [6.45, 7) is 1.73. The standard InChI is InChI=1S/C25H20FNO4S2/c1-16(21-14-27-23-5-3-2-4-20(21)23)22(25(28)29)15-33(30,31)24-13-12-19(32-24)11-8-17-6-9-18(26)10-7-17/h2-7,9-10,12-14,16,22,27H,15H2,1H3,(H,28,29)/t16?,22-/m1/s1. The first-order valence-corrected chi connectivity index (χ1v) is 12.6. The summed E-state index contributed by atoms with van der Waals surface area (Å²) in [5, 5.41) is 10.7. The summed E-state index contributed by atoms with van der Waals surface area (Å²) in [6, 6.07) is 16.2. The van der Waals surface area contributed by atoms with E-state index in [1.54, 1.807) is 19.2 Å². The maximum Gasteiger partial charge on any atom is 0.308 e. The predicted octanol–water partition coefficient (Wildman–Crippen LogP) is 5.05. The maximum absolute atomic E-state index is 13.1. The second kappa shape index (κ2) is 9.22. The van der Waals surface area contributed by atoms with Crippen molar-refractivity contribution in [2.45, 2.75) is 17.1 Å². The van der Waals surface area contributed by atoms with E-state index < -0.39 is 33.4 Å². The molecule has 0 spiro atoms. The lowest BCUT2D eigenvalue weighted by molar-refractivity contribution is -0.141. The lowest BCUT2D eigenvalue weighted by Crippen LogP contribution is -2.28. The highest BCUT2D eigenvalue weighted by Crippen LogP contribution is 2.33. The fraction of sp³-hybridized carbons (Fsp3) is 0.160. The molecule has 0 radical (unpaired) electrons. The summed E-state index contributed by atoms with van der Waals surface area (Å²) in [6.07, 6.45) is 1.74. The van der Waals surface area contributed by atoms with Crippen LogP contribution in [0.4, 0.5) is 4.39 Å². The second-order valence-electron chi connectivity index (χ2n) is 7.68. The third-order valence-electron chi connectivity index (χ3n) is 5.49. The fourth-order valence-electron chi connectivity index (χ4n) is 3.66. The number of carbonyl (C=O) groups is 1. The summed E-state index contributed by atoms with van der Waals surface area (Å²) in [5.41, 5.74) is 2.24. The Bertz CT molecular complexity index is 1470. The van der Waals surface area contributed by atoms with Crippen molar-refractivity contribution < 1.29 is 22.7 Å². The van der Waals surface area contributed by atoms with Crippen LogP contribution in [0.25, 0.3) is 10.9 Å². The summed E-state index contributed by atoms with van der Waals surface area (Å²) >= 11 is 0.993. The average molecular weight is 482 g/mol. The van der Waals surface area contributed by atoms with Crippen LogP contribution in [0, 0.1) is 23.6 Å². The molecular weight excluding hydrogens is 461 g/mol. The Labute approximate surface area is 194 Å². The summed E-state index contributed by atoms with van der Waals surface area (Å²) < 4.78 is 39.2. The van der Waals surface area contributed by atoms with Crippen LogP contribution in [0.1, 0.15) is 28.8 Å². The van der Waals surface area contributed by atoms with Crippen molar-refractivity contribution in [2.75, 3.05) is 5.75 Å². The molecule has 1 unspecified atom stereocenters. The van der Waals surface area contributed by atoms with E-state index in [1.807, 2.05) is 24.3 Å². The number of hydrogen-bond acceptors (Lipinski definition) is 4. The number of H-pyrrole nitrogens is 1. The number of carboxylic acids is 1. The first kappa shape index (κ1) is 22.8. The zero-order valence-corrected chi connectivity index (χ0v) is 19.2. The van der Waals surface area contributed by atoms with Gasteiger partial charge in [0.1, 0.15) is 10.0 Å². The number of para-hydroxylation sites is 1. The van der Waals surface area contributed by atoms with E-state index in [1.165, 1.54) is 30.3 Å². The molecule has 0 aliphatic carbocycles.